The first-order chi connectivity index (χ1) is 10.1. The number of ether oxygens (including phenoxy) is 1. The number of hydrogen-bond donors (Lipinski definition) is 1. The lowest BCUT2D eigenvalue weighted by Crippen LogP contribution is -2.13. The number of nitrogens with one attached hydrogen (secondary N) is 1. The fourth-order valence-electron chi connectivity index (χ4n) is 2.16. The zero-order chi connectivity index (χ0) is 15.2. The van der Waals surface area contributed by atoms with Gasteiger partial charge in [0.1, 0.15) is 29.7 Å². The van der Waals surface area contributed by atoms with E-state index < -0.39 is 0 Å². The van der Waals surface area contributed by atoms with Crippen LogP contribution in [0.5, 0.6) is 5.75 Å². The highest BCUT2D eigenvalue weighted by Crippen LogP contribution is 2.21. The van der Waals surface area contributed by atoms with Crippen LogP contribution in [0.2, 0.25) is 0 Å². The molecule has 2 rings (SSSR count). The quantitative estimate of drug-likeness (QED) is 0.779. The van der Waals surface area contributed by atoms with Gasteiger partial charge in [-0.05, 0) is 56.6 Å². The van der Waals surface area contributed by atoms with Crippen LogP contribution in [0.1, 0.15) is 36.0 Å². The van der Waals surface area contributed by atoms with Gasteiger partial charge in [0.15, 0.2) is 0 Å². The van der Waals surface area contributed by atoms with Crippen molar-refractivity contribution in [3.05, 3.63) is 52.7 Å². The summed E-state index contributed by atoms with van der Waals surface area (Å²) in [5.74, 6) is 2.12. The molecule has 21 heavy (non-hydrogen) atoms. The van der Waals surface area contributed by atoms with Gasteiger partial charge >= 0.3 is 0 Å². The molecule has 0 fully saturated rings. The van der Waals surface area contributed by atoms with E-state index in [1.807, 2.05) is 19.9 Å². The SMILES string of the molecule is CCCNCc1cc(COc2ccc(F)cc2C)oc1C. The highest BCUT2D eigenvalue weighted by molar-refractivity contribution is 5.32. The van der Waals surface area contributed by atoms with Crippen molar-refractivity contribution in [3.8, 4) is 5.75 Å². The molecule has 0 saturated carbocycles. The molecule has 3 nitrogen and oxygen atoms in total. The molecular weight excluding hydrogens is 269 g/mol. The minimum atomic E-state index is -0.252. The molecule has 0 unspecified atom stereocenters. The number of aryl methyl sites for hydroxylation is 2. The van der Waals surface area contributed by atoms with Gasteiger partial charge in [-0.25, -0.2) is 4.39 Å². The van der Waals surface area contributed by atoms with E-state index in [0.29, 0.717) is 12.4 Å². The molecule has 1 N–H and O–H groups in total. The molecule has 4 heteroatoms. The third-order valence-corrected chi connectivity index (χ3v) is 3.32. The van der Waals surface area contributed by atoms with Crippen molar-refractivity contribution in [2.75, 3.05) is 6.54 Å². The van der Waals surface area contributed by atoms with E-state index in [0.717, 1.165) is 42.2 Å². The summed E-state index contributed by atoms with van der Waals surface area (Å²) in [6, 6.07) is 6.51. The van der Waals surface area contributed by atoms with Gasteiger partial charge in [0.2, 0.25) is 0 Å². The van der Waals surface area contributed by atoms with Crippen molar-refractivity contribution >= 4 is 0 Å². The molecular formula is C17H22FNO2. The second-order valence-corrected chi connectivity index (χ2v) is 5.17. The molecule has 0 aliphatic rings. The predicted molar refractivity (Wildman–Crippen MR) is 80.9 cm³/mol. The van der Waals surface area contributed by atoms with E-state index in [2.05, 4.69) is 12.2 Å². The lowest BCUT2D eigenvalue weighted by atomic mass is 10.2. The van der Waals surface area contributed by atoms with Crippen molar-refractivity contribution < 1.29 is 13.5 Å². The van der Waals surface area contributed by atoms with Crippen molar-refractivity contribution in [3.63, 3.8) is 0 Å². The first-order valence-corrected chi connectivity index (χ1v) is 7.28. The third kappa shape index (κ3) is 4.33. The number of rotatable bonds is 7. The van der Waals surface area contributed by atoms with Gasteiger partial charge in [0, 0.05) is 12.1 Å². The Hall–Kier alpha value is -1.81. The van der Waals surface area contributed by atoms with Crippen LogP contribution in [0.3, 0.4) is 0 Å². The van der Waals surface area contributed by atoms with E-state index in [4.69, 9.17) is 9.15 Å². The molecule has 0 bridgehead atoms. The number of halogens is 1. The maximum absolute atomic E-state index is 13.0. The maximum atomic E-state index is 13.0. The average Bonchev–Trinajstić information content (AvgIpc) is 2.79. The highest BCUT2D eigenvalue weighted by Gasteiger charge is 2.08. The van der Waals surface area contributed by atoms with Gasteiger partial charge < -0.3 is 14.5 Å². The second kappa shape index (κ2) is 7.27. The smallest absolute Gasteiger partial charge is 0.146 e. The van der Waals surface area contributed by atoms with Crippen LogP contribution in [0.15, 0.2) is 28.7 Å². The minimum Gasteiger partial charge on any atom is -0.485 e. The molecule has 1 aromatic heterocycles. The molecule has 2 aromatic rings. The standard InChI is InChI=1S/C17H22FNO2/c1-4-7-19-10-14-9-16(21-13(14)3)11-20-17-6-5-15(18)8-12(17)2/h5-6,8-9,19H,4,7,10-11H2,1-3H3. The van der Waals surface area contributed by atoms with E-state index in [1.165, 1.54) is 12.1 Å². The van der Waals surface area contributed by atoms with Gasteiger partial charge in [-0.1, -0.05) is 6.92 Å². The Morgan fingerprint density at radius 3 is 2.76 bits per heavy atom. The lowest BCUT2D eigenvalue weighted by molar-refractivity contribution is 0.265. The zero-order valence-electron chi connectivity index (χ0n) is 12.8. The van der Waals surface area contributed by atoms with Gasteiger partial charge in [0.25, 0.3) is 0 Å². The van der Waals surface area contributed by atoms with Crippen molar-refractivity contribution in [1.82, 2.24) is 5.32 Å². The molecule has 1 heterocycles. The topological polar surface area (TPSA) is 34.4 Å². The van der Waals surface area contributed by atoms with Crippen LogP contribution in [0, 0.1) is 19.7 Å². The minimum absolute atomic E-state index is 0.252. The Balaban J connectivity index is 1.95. The summed E-state index contributed by atoms with van der Waals surface area (Å²) in [5, 5.41) is 3.35. The molecule has 0 radical (unpaired) electrons. The van der Waals surface area contributed by atoms with E-state index in [1.54, 1.807) is 6.07 Å². The summed E-state index contributed by atoms with van der Waals surface area (Å²) in [7, 11) is 0. The lowest BCUT2D eigenvalue weighted by Gasteiger charge is -2.07. The zero-order valence-corrected chi connectivity index (χ0v) is 12.8. The first kappa shape index (κ1) is 15.6. The van der Waals surface area contributed by atoms with Crippen LogP contribution in [-0.4, -0.2) is 6.54 Å². The Kier molecular flexibility index (Phi) is 5.39. The van der Waals surface area contributed by atoms with Crippen LogP contribution < -0.4 is 10.1 Å². The van der Waals surface area contributed by atoms with E-state index in [9.17, 15) is 4.39 Å². The molecule has 0 aliphatic heterocycles. The van der Waals surface area contributed by atoms with Crippen LogP contribution in [0.4, 0.5) is 4.39 Å². The summed E-state index contributed by atoms with van der Waals surface area (Å²) >= 11 is 0. The Morgan fingerprint density at radius 2 is 2.05 bits per heavy atom. The van der Waals surface area contributed by atoms with Crippen LogP contribution >= 0.6 is 0 Å². The Bertz CT molecular complexity index is 592. The predicted octanol–water partition coefficient (Wildman–Crippen LogP) is 4.11. The van der Waals surface area contributed by atoms with Crippen molar-refractivity contribution in [2.45, 2.75) is 40.3 Å². The van der Waals surface area contributed by atoms with Gasteiger partial charge in [-0.15, -0.1) is 0 Å². The first-order valence-electron chi connectivity index (χ1n) is 7.28. The monoisotopic (exact) mass is 291 g/mol. The molecule has 114 valence electrons. The molecule has 1 aromatic carbocycles. The Labute approximate surface area is 125 Å². The summed E-state index contributed by atoms with van der Waals surface area (Å²) in [5.41, 5.74) is 1.93. The van der Waals surface area contributed by atoms with E-state index in [-0.39, 0.29) is 5.82 Å². The largest absolute Gasteiger partial charge is 0.485 e. The second-order valence-electron chi connectivity index (χ2n) is 5.17. The highest BCUT2D eigenvalue weighted by atomic mass is 19.1. The normalized spacial score (nSPS) is 10.9. The fraction of sp³-hybridized carbons (Fsp3) is 0.412. The van der Waals surface area contributed by atoms with Gasteiger partial charge in [0.05, 0.1) is 0 Å². The number of furan rings is 1. The van der Waals surface area contributed by atoms with Crippen molar-refractivity contribution in [2.24, 2.45) is 0 Å². The molecule has 0 aliphatic carbocycles. The van der Waals surface area contributed by atoms with Crippen LogP contribution in [-0.2, 0) is 13.2 Å². The summed E-state index contributed by atoms with van der Waals surface area (Å²) in [6.07, 6.45) is 1.11. The Morgan fingerprint density at radius 1 is 1.24 bits per heavy atom. The third-order valence-electron chi connectivity index (χ3n) is 3.32. The maximum Gasteiger partial charge on any atom is 0.146 e. The molecule has 0 atom stereocenters. The summed E-state index contributed by atoms with van der Waals surface area (Å²) in [6.45, 7) is 8.06. The average molecular weight is 291 g/mol. The molecule has 0 amide bonds. The molecule has 0 saturated heterocycles. The summed E-state index contributed by atoms with van der Waals surface area (Å²) < 4.78 is 24.4. The van der Waals surface area contributed by atoms with E-state index >= 15 is 0 Å². The molecule has 0 spiro atoms. The van der Waals surface area contributed by atoms with Gasteiger partial charge in [-0.2, -0.15) is 0 Å². The number of benzene rings is 1. The van der Waals surface area contributed by atoms with Crippen molar-refractivity contribution in [1.29, 1.82) is 0 Å². The van der Waals surface area contributed by atoms with Crippen LogP contribution in [0.25, 0.3) is 0 Å². The van der Waals surface area contributed by atoms with Gasteiger partial charge in [-0.3, -0.25) is 0 Å². The number of hydrogen-bond acceptors (Lipinski definition) is 3. The summed E-state index contributed by atoms with van der Waals surface area (Å²) in [4.78, 5) is 0. The fourth-order valence-corrected chi connectivity index (χ4v) is 2.16.